The van der Waals surface area contributed by atoms with Crippen molar-refractivity contribution in [1.29, 1.82) is 0 Å². The van der Waals surface area contributed by atoms with Crippen molar-refractivity contribution in [3.8, 4) is 23.0 Å². The van der Waals surface area contributed by atoms with Crippen molar-refractivity contribution in [2.75, 3.05) is 14.2 Å². The van der Waals surface area contributed by atoms with Gasteiger partial charge in [0.2, 0.25) is 0 Å². The van der Waals surface area contributed by atoms with E-state index in [9.17, 15) is 9.90 Å². The average molecular weight is 300 g/mol. The first-order valence-electron chi connectivity index (χ1n) is 6.88. The first kappa shape index (κ1) is 14.3. The number of hydrogen-bond acceptors (Lipinski definition) is 5. The normalized spacial score (nSPS) is 16.6. The molecule has 1 N–H and O–H groups in total. The maximum atomic E-state index is 11.9. The van der Waals surface area contributed by atoms with Gasteiger partial charge < -0.3 is 19.3 Å². The Morgan fingerprint density at radius 1 is 1.14 bits per heavy atom. The number of rotatable bonds is 3. The third kappa shape index (κ3) is 2.45. The number of ether oxygens (including phenoxy) is 3. The minimum absolute atomic E-state index is 0.0500. The molecule has 0 spiro atoms. The predicted octanol–water partition coefficient (Wildman–Crippen LogP) is 2.85. The van der Waals surface area contributed by atoms with E-state index >= 15 is 0 Å². The Morgan fingerprint density at radius 2 is 1.95 bits per heavy atom. The summed E-state index contributed by atoms with van der Waals surface area (Å²) < 4.78 is 15.5. The lowest BCUT2D eigenvalue weighted by atomic mass is 9.86. The smallest absolute Gasteiger partial charge is 0.312 e. The fourth-order valence-electron chi connectivity index (χ4n) is 2.68. The Hall–Kier alpha value is -2.69. The number of esters is 1. The van der Waals surface area contributed by atoms with Gasteiger partial charge in [-0.2, -0.15) is 0 Å². The second-order valence-corrected chi connectivity index (χ2v) is 5.07. The van der Waals surface area contributed by atoms with E-state index in [4.69, 9.17) is 14.2 Å². The molecule has 0 aliphatic carbocycles. The Labute approximate surface area is 128 Å². The molecule has 0 amide bonds. The summed E-state index contributed by atoms with van der Waals surface area (Å²) in [4.78, 5) is 11.9. The quantitative estimate of drug-likeness (QED) is 0.697. The molecule has 5 heteroatoms. The van der Waals surface area contributed by atoms with Crippen LogP contribution in [0.4, 0.5) is 0 Å². The number of carbonyl (C=O) groups excluding carboxylic acids is 1. The van der Waals surface area contributed by atoms with Crippen molar-refractivity contribution in [2.45, 2.75) is 12.3 Å². The Kier molecular flexibility index (Phi) is 3.63. The van der Waals surface area contributed by atoms with Gasteiger partial charge in [-0.25, -0.2) is 0 Å². The zero-order valence-corrected chi connectivity index (χ0v) is 12.3. The minimum Gasteiger partial charge on any atom is -0.504 e. The highest BCUT2D eigenvalue weighted by atomic mass is 16.5. The van der Waals surface area contributed by atoms with E-state index in [1.54, 1.807) is 25.3 Å². The van der Waals surface area contributed by atoms with Gasteiger partial charge in [0.15, 0.2) is 11.5 Å². The van der Waals surface area contributed by atoms with E-state index < -0.39 is 0 Å². The van der Waals surface area contributed by atoms with E-state index in [1.807, 2.05) is 18.2 Å². The number of aromatic hydroxyl groups is 1. The highest BCUT2D eigenvalue weighted by Gasteiger charge is 2.29. The van der Waals surface area contributed by atoms with Crippen LogP contribution in [0.2, 0.25) is 0 Å². The lowest BCUT2D eigenvalue weighted by Gasteiger charge is -2.25. The van der Waals surface area contributed by atoms with Crippen molar-refractivity contribution in [1.82, 2.24) is 0 Å². The second-order valence-electron chi connectivity index (χ2n) is 5.07. The van der Waals surface area contributed by atoms with Crippen molar-refractivity contribution in [3.05, 3.63) is 47.5 Å². The summed E-state index contributed by atoms with van der Waals surface area (Å²) in [7, 11) is 3.06. The maximum absolute atomic E-state index is 11.9. The summed E-state index contributed by atoms with van der Waals surface area (Å²) in [6.07, 6.45) is 0.227. The molecule has 2 aromatic rings. The number of fused-ring (bicyclic) bond motifs is 1. The van der Waals surface area contributed by atoms with E-state index in [2.05, 4.69) is 0 Å². The first-order valence-corrected chi connectivity index (χ1v) is 6.88. The van der Waals surface area contributed by atoms with E-state index in [0.29, 0.717) is 17.2 Å². The van der Waals surface area contributed by atoms with Crippen LogP contribution in [0.5, 0.6) is 23.0 Å². The third-order valence-electron chi connectivity index (χ3n) is 3.80. The topological polar surface area (TPSA) is 65.0 Å². The van der Waals surface area contributed by atoms with Crippen LogP contribution in [-0.4, -0.2) is 25.3 Å². The van der Waals surface area contributed by atoms with Gasteiger partial charge in [-0.3, -0.25) is 4.79 Å². The van der Waals surface area contributed by atoms with Crippen LogP contribution < -0.4 is 14.2 Å². The average Bonchev–Trinajstić information content (AvgIpc) is 2.53. The molecule has 22 heavy (non-hydrogen) atoms. The molecule has 1 heterocycles. The van der Waals surface area contributed by atoms with Crippen LogP contribution in [0, 0.1) is 0 Å². The van der Waals surface area contributed by atoms with Crippen LogP contribution in [0.25, 0.3) is 0 Å². The van der Waals surface area contributed by atoms with E-state index in [1.165, 1.54) is 7.11 Å². The van der Waals surface area contributed by atoms with Gasteiger partial charge in [0, 0.05) is 17.5 Å². The summed E-state index contributed by atoms with van der Waals surface area (Å²) in [5.41, 5.74) is 1.73. The van der Waals surface area contributed by atoms with Crippen LogP contribution in [0.1, 0.15) is 23.5 Å². The minimum atomic E-state index is -0.305. The largest absolute Gasteiger partial charge is 0.504 e. The summed E-state index contributed by atoms with van der Waals surface area (Å²) >= 11 is 0. The van der Waals surface area contributed by atoms with E-state index in [0.717, 1.165) is 11.1 Å². The van der Waals surface area contributed by atoms with Gasteiger partial charge in [0.1, 0.15) is 11.5 Å². The summed E-state index contributed by atoms with van der Waals surface area (Å²) in [5, 5.41) is 9.96. The Bertz CT molecular complexity index is 723. The van der Waals surface area contributed by atoms with Crippen LogP contribution in [0.15, 0.2) is 36.4 Å². The summed E-state index contributed by atoms with van der Waals surface area (Å²) in [6, 6.07) is 10.6. The molecule has 0 aromatic heterocycles. The molecule has 5 nitrogen and oxygen atoms in total. The fourth-order valence-corrected chi connectivity index (χ4v) is 2.68. The van der Waals surface area contributed by atoms with Gasteiger partial charge in [-0.15, -0.1) is 0 Å². The molecule has 0 saturated heterocycles. The zero-order chi connectivity index (χ0) is 15.7. The molecule has 3 rings (SSSR count). The van der Waals surface area contributed by atoms with Crippen molar-refractivity contribution in [2.24, 2.45) is 0 Å². The molecule has 1 unspecified atom stereocenters. The van der Waals surface area contributed by atoms with Gasteiger partial charge >= 0.3 is 5.97 Å². The van der Waals surface area contributed by atoms with Gasteiger partial charge in [0.05, 0.1) is 20.6 Å². The standard InChI is InChI=1S/C17H16O5/c1-20-11-4-5-12-13(9-17(19)22-16(12)8-11)10-3-6-15(21-2)14(18)7-10/h3-8,13,18H,9H2,1-2H3. The number of methoxy groups -OCH3 is 2. The lowest BCUT2D eigenvalue weighted by molar-refractivity contribution is -0.135. The van der Waals surface area contributed by atoms with Crippen LogP contribution in [-0.2, 0) is 4.79 Å². The van der Waals surface area contributed by atoms with Crippen molar-refractivity contribution >= 4 is 5.97 Å². The predicted molar refractivity (Wildman–Crippen MR) is 79.7 cm³/mol. The van der Waals surface area contributed by atoms with E-state index in [-0.39, 0.29) is 24.1 Å². The van der Waals surface area contributed by atoms with Crippen molar-refractivity contribution < 1.29 is 24.1 Å². The van der Waals surface area contributed by atoms with Gasteiger partial charge in [-0.05, 0) is 23.8 Å². The SMILES string of the molecule is COc1ccc2c(c1)OC(=O)CC2c1ccc(OC)c(O)c1. The van der Waals surface area contributed by atoms with Crippen molar-refractivity contribution in [3.63, 3.8) is 0 Å². The molecule has 0 fully saturated rings. The third-order valence-corrected chi connectivity index (χ3v) is 3.80. The lowest BCUT2D eigenvalue weighted by Crippen LogP contribution is -2.21. The molecule has 0 bridgehead atoms. The highest BCUT2D eigenvalue weighted by molar-refractivity contribution is 5.78. The summed E-state index contributed by atoms with van der Waals surface area (Å²) in [5.74, 6) is 1.10. The second kappa shape index (κ2) is 5.60. The molecule has 114 valence electrons. The molecule has 1 aliphatic heterocycles. The number of benzene rings is 2. The number of hydrogen-bond donors (Lipinski definition) is 1. The fraction of sp³-hybridized carbons (Fsp3) is 0.235. The molecule has 0 radical (unpaired) electrons. The molecule has 1 atom stereocenters. The summed E-state index contributed by atoms with van der Waals surface area (Å²) in [6.45, 7) is 0. The zero-order valence-electron chi connectivity index (χ0n) is 12.3. The van der Waals surface area contributed by atoms with Crippen LogP contribution >= 0.6 is 0 Å². The highest BCUT2D eigenvalue weighted by Crippen LogP contribution is 2.42. The first-order chi connectivity index (χ1) is 10.6. The molecule has 2 aromatic carbocycles. The Balaban J connectivity index is 2.05. The number of phenolic OH excluding ortho intramolecular Hbond substituents is 1. The Morgan fingerprint density at radius 3 is 2.64 bits per heavy atom. The van der Waals surface area contributed by atoms with Gasteiger partial charge in [0.25, 0.3) is 0 Å². The van der Waals surface area contributed by atoms with Crippen LogP contribution in [0.3, 0.4) is 0 Å². The molecule has 0 saturated carbocycles. The monoisotopic (exact) mass is 300 g/mol. The molecule has 1 aliphatic rings. The maximum Gasteiger partial charge on any atom is 0.312 e. The van der Waals surface area contributed by atoms with Gasteiger partial charge in [-0.1, -0.05) is 12.1 Å². The number of phenols is 1. The number of carbonyl (C=O) groups is 1. The molecular weight excluding hydrogens is 284 g/mol. The molecular formula is C17H16O5.